The highest BCUT2D eigenvalue weighted by Gasteiger charge is 2.56. The van der Waals surface area contributed by atoms with Crippen LogP contribution in [-0.2, 0) is 23.9 Å². The highest BCUT2D eigenvalue weighted by molar-refractivity contribution is 9.10. The molecule has 6 rings (SSSR count). The van der Waals surface area contributed by atoms with Crippen molar-refractivity contribution < 1.29 is 22.7 Å². The molecule has 1 aromatic heterocycles. The minimum atomic E-state index is -4.44. The third-order valence-corrected chi connectivity index (χ3v) is 9.16. The first kappa shape index (κ1) is 24.2. The van der Waals surface area contributed by atoms with Gasteiger partial charge in [-0.25, -0.2) is 0 Å². The molecule has 0 spiro atoms. The fraction of sp³-hybridized carbons (Fsp3) is 0.556. The van der Waals surface area contributed by atoms with Crippen molar-refractivity contribution in [1.29, 1.82) is 0 Å². The molecule has 0 radical (unpaired) electrons. The molecule has 1 N–H and O–H groups in total. The van der Waals surface area contributed by atoms with Crippen LogP contribution in [0, 0.1) is 11.3 Å². The van der Waals surface area contributed by atoms with E-state index in [9.17, 15) is 18.0 Å². The van der Waals surface area contributed by atoms with Crippen LogP contribution in [0.2, 0.25) is 0 Å². The normalized spacial score (nSPS) is 29.3. The average Bonchev–Trinajstić information content (AvgIpc) is 3.40. The molecule has 36 heavy (non-hydrogen) atoms. The summed E-state index contributed by atoms with van der Waals surface area (Å²) in [7, 11) is 0. The summed E-state index contributed by atoms with van der Waals surface area (Å²) in [5, 5.41) is 3.85. The molecule has 0 unspecified atom stereocenters. The summed E-state index contributed by atoms with van der Waals surface area (Å²) in [4.78, 5) is 19.9. The van der Waals surface area contributed by atoms with Gasteiger partial charge in [0.1, 0.15) is 5.75 Å². The fourth-order valence-electron chi connectivity index (χ4n) is 7.01. The molecule has 2 aromatic rings. The van der Waals surface area contributed by atoms with E-state index in [0.29, 0.717) is 36.7 Å². The standard InChI is InChI=1S/C27H29BrF3N3O2/c28-19-3-4-24-21(12-19)23(6-9-36-24)33-20-11-17-2-1-7-26(17,13-20)25(35)34-8-5-22-16(15-34)10-18(14-32-22)27(29,30)31/h3-4,10,12,14,17,20,23,33H,1-2,5-9,11,13,15H2/t17-,20-,23-,26-/m1/s1. The number of ether oxygens (including phenoxy) is 1. The maximum Gasteiger partial charge on any atom is 0.417 e. The molecule has 192 valence electrons. The Morgan fingerprint density at radius 3 is 2.94 bits per heavy atom. The number of alkyl halides is 3. The molecule has 2 fully saturated rings. The molecule has 0 bridgehead atoms. The van der Waals surface area contributed by atoms with Crippen LogP contribution in [0.25, 0.3) is 0 Å². The van der Waals surface area contributed by atoms with E-state index in [1.165, 1.54) is 6.07 Å². The van der Waals surface area contributed by atoms with Gasteiger partial charge < -0.3 is 15.0 Å². The molecule has 3 heterocycles. The van der Waals surface area contributed by atoms with Gasteiger partial charge in [-0.05, 0) is 61.4 Å². The molecule has 2 aliphatic carbocycles. The van der Waals surface area contributed by atoms with Crippen LogP contribution in [0.5, 0.6) is 5.75 Å². The van der Waals surface area contributed by atoms with E-state index >= 15 is 0 Å². The zero-order valence-corrected chi connectivity index (χ0v) is 21.5. The SMILES string of the molecule is O=C(N1CCc2ncc(C(F)(F)F)cc2C1)[C@@]12CCC[C@@H]1C[C@@H](N[C@@H]1CCOc3ccc(Br)cc31)C2. The van der Waals surface area contributed by atoms with Gasteiger partial charge in [0.2, 0.25) is 5.91 Å². The number of carbonyl (C=O) groups excluding carboxylic acids is 1. The van der Waals surface area contributed by atoms with Crippen LogP contribution in [0.15, 0.2) is 34.9 Å². The van der Waals surface area contributed by atoms with Crippen LogP contribution in [0.4, 0.5) is 13.2 Å². The molecule has 2 aliphatic heterocycles. The third-order valence-electron chi connectivity index (χ3n) is 8.66. The van der Waals surface area contributed by atoms with Crippen molar-refractivity contribution in [2.24, 2.45) is 11.3 Å². The lowest BCUT2D eigenvalue weighted by Gasteiger charge is -2.37. The van der Waals surface area contributed by atoms with Crippen LogP contribution < -0.4 is 10.1 Å². The van der Waals surface area contributed by atoms with Gasteiger partial charge in [-0.1, -0.05) is 22.4 Å². The van der Waals surface area contributed by atoms with Gasteiger partial charge in [0.05, 0.1) is 17.6 Å². The summed E-state index contributed by atoms with van der Waals surface area (Å²) in [6, 6.07) is 7.66. The maximum atomic E-state index is 14.0. The number of hydrogen-bond acceptors (Lipinski definition) is 4. The predicted molar refractivity (Wildman–Crippen MR) is 131 cm³/mol. The van der Waals surface area contributed by atoms with Crippen molar-refractivity contribution in [2.45, 2.75) is 69.8 Å². The average molecular weight is 564 g/mol. The van der Waals surface area contributed by atoms with E-state index in [2.05, 4.69) is 32.3 Å². The summed E-state index contributed by atoms with van der Waals surface area (Å²) < 4.78 is 46.6. The summed E-state index contributed by atoms with van der Waals surface area (Å²) in [5.74, 6) is 1.34. The Bertz CT molecular complexity index is 1190. The second kappa shape index (κ2) is 9.01. The fourth-order valence-corrected chi connectivity index (χ4v) is 7.39. The van der Waals surface area contributed by atoms with Crippen LogP contribution in [-0.4, -0.2) is 35.0 Å². The minimum absolute atomic E-state index is 0.118. The monoisotopic (exact) mass is 563 g/mol. The second-order valence-electron chi connectivity index (χ2n) is 10.7. The summed E-state index contributed by atoms with van der Waals surface area (Å²) in [6.45, 7) is 1.38. The first-order valence-electron chi connectivity index (χ1n) is 12.8. The Kier molecular flexibility index (Phi) is 6.06. The predicted octanol–water partition coefficient (Wildman–Crippen LogP) is 5.81. The number of benzene rings is 1. The van der Waals surface area contributed by atoms with Crippen molar-refractivity contribution in [1.82, 2.24) is 15.2 Å². The van der Waals surface area contributed by atoms with Gasteiger partial charge in [0.15, 0.2) is 0 Å². The number of nitrogens with one attached hydrogen (secondary N) is 1. The van der Waals surface area contributed by atoms with Crippen molar-refractivity contribution in [3.63, 3.8) is 0 Å². The van der Waals surface area contributed by atoms with Crippen LogP contribution in [0.1, 0.15) is 67.0 Å². The number of nitrogens with zero attached hydrogens (tertiary/aromatic N) is 2. The Morgan fingerprint density at radius 1 is 1.25 bits per heavy atom. The van der Waals surface area contributed by atoms with E-state index in [1.54, 1.807) is 4.90 Å². The Balaban J connectivity index is 1.20. The highest BCUT2D eigenvalue weighted by atomic mass is 79.9. The molecule has 5 nitrogen and oxygen atoms in total. The number of halogens is 4. The topological polar surface area (TPSA) is 54.5 Å². The molecule has 0 saturated heterocycles. The molecular weight excluding hydrogens is 535 g/mol. The lowest BCUT2D eigenvalue weighted by Crippen LogP contribution is -2.47. The summed E-state index contributed by atoms with van der Waals surface area (Å²) in [6.07, 6.45) is 2.49. The molecule has 2 saturated carbocycles. The largest absolute Gasteiger partial charge is 0.493 e. The number of amides is 1. The van der Waals surface area contributed by atoms with Crippen molar-refractivity contribution in [3.8, 4) is 5.75 Å². The zero-order chi connectivity index (χ0) is 25.1. The number of carbonyl (C=O) groups is 1. The number of pyridine rings is 1. The summed E-state index contributed by atoms with van der Waals surface area (Å²) in [5.41, 5.74) is 1.17. The lowest BCUT2D eigenvalue weighted by molar-refractivity contribution is -0.144. The van der Waals surface area contributed by atoms with E-state index < -0.39 is 17.2 Å². The van der Waals surface area contributed by atoms with Crippen LogP contribution in [0.3, 0.4) is 0 Å². The Morgan fingerprint density at radius 2 is 2.11 bits per heavy atom. The van der Waals surface area contributed by atoms with Crippen molar-refractivity contribution in [2.75, 3.05) is 13.2 Å². The van der Waals surface area contributed by atoms with Gasteiger partial charge in [-0.15, -0.1) is 0 Å². The first-order valence-corrected chi connectivity index (χ1v) is 13.5. The van der Waals surface area contributed by atoms with E-state index in [4.69, 9.17) is 4.74 Å². The molecular formula is C27H29BrF3N3O2. The smallest absolute Gasteiger partial charge is 0.417 e. The van der Waals surface area contributed by atoms with Gasteiger partial charge in [0.25, 0.3) is 0 Å². The van der Waals surface area contributed by atoms with Gasteiger partial charge >= 0.3 is 6.18 Å². The second-order valence-corrected chi connectivity index (χ2v) is 11.6. The third kappa shape index (κ3) is 4.22. The number of rotatable bonds is 3. The quantitative estimate of drug-likeness (QED) is 0.512. The number of hydrogen-bond donors (Lipinski definition) is 1. The van der Waals surface area contributed by atoms with E-state index in [1.807, 2.05) is 12.1 Å². The van der Waals surface area contributed by atoms with Gasteiger partial charge in [-0.3, -0.25) is 9.78 Å². The highest BCUT2D eigenvalue weighted by Crippen LogP contribution is 2.56. The zero-order valence-electron chi connectivity index (χ0n) is 19.9. The molecule has 4 atom stereocenters. The Hall–Kier alpha value is -2.13. The van der Waals surface area contributed by atoms with E-state index in [0.717, 1.165) is 60.5 Å². The van der Waals surface area contributed by atoms with Crippen molar-refractivity contribution >= 4 is 21.8 Å². The molecule has 9 heteroatoms. The van der Waals surface area contributed by atoms with Gasteiger partial charge in [-0.2, -0.15) is 13.2 Å². The first-order chi connectivity index (χ1) is 17.2. The number of aromatic nitrogens is 1. The number of fused-ring (bicyclic) bond motifs is 3. The van der Waals surface area contributed by atoms with Crippen molar-refractivity contribution in [3.05, 3.63) is 57.3 Å². The maximum absolute atomic E-state index is 14.0. The van der Waals surface area contributed by atoms with E-state index in [-0.39, 0.29) is 24.5 Å². The molecule has 1 amide bonds. The molecule has 4 aliphatic rings. The minimum Gasteiger partial charge on any atom is -0.493 e. The van der Waals surface area contributed by atoms with Crippen LogP contribution >= 0.6 is 15.9 Å². The summed E-state index contributed by atoms with van der Waals surface area (Å²) >= 11 is 3.57. The lowest BCUT2D eigenvalue weighted by atomic mass is 9.78. The Labute approximate surface area is 216 Å². The van der Waals surface area contributed by atoms with Gasteiger partial charge in [0, 0.05) is 59.9 Å². The molecule has 1 aromatic carbocycles.